The molecule has 0 amide bonds. The zero-order valence-electron chi connectivity index (χ0n) is 10.8. The number of para-hydroxylation sites is 1. The SMILES string of the molecule is CC(O)C(N)c1nc2cccc(Cl)c2n1C(C)C. The normalized spacial score (nSPS) is 15.3. The summed E-state index contributed by atoms with van der Waals surface area (Å²) in [7, 11) is 0. The van der Waals surface area contributed by atoms with Crippen LogP contribution in [0.5, 0.6) is 0 Å². The van der Waals surface area contributed by atoms with Crippen LogP contribution in [0.3, 0.4) is 0 Å². The predicted molar refractivity (Wildman–Crippen MR) is 73.7 cm³/mol. The highest BCUT2D eigenvalue weighted by atomic mass is 35.5. The number of hydrogen-bond acceptors (Lipinski definition) is 3. The summed E-state index contributed by atoms with van der Waals surface area (Å²) in [6, 6.07) is 5.26. The van der Waals surface area contributed by atoms with Crippen molar-refractivity contribution in [2.45, 2.75) is 39.0 Å². The van der Waals surface area contributed by atoms with Crippen molar-refractivity contribution in [3.05, 3.63) is 29.0 Å². The lowest BCUT2D eigenvalue weighted by molar-refractivity contribution is 0.158. The predicted octanol–water partition coefficient (Wildman–Crippen LogP) is 2.65. The number of hydrogen-bond donors (Lipinski definition) is 2. The molecule has 0 saturated heterocycles. The Morgan fingerprint density at radius 1 is 1.33 bits per heavy atom. The van der Waals surface area contributed by atoms with E-state index in [1.54, 1.807) is 6.92 Å². The van der Waals surface area contributed by atoms with E-state index in [4.69, 9.17) is 17.3 Å². The van der Waals surface area contributed by atoms with Crippen LogP contribution in [0.15, 0.2) is 18.2 Å². The number of nitrogens with two attached hydrogens (primary N) is 1. The Morgan fingerprint density at radius 2 is 2.00 bits per heavy atom. The zero-order chi connectivity index (χ0) is 13.4. The highest BCUT2D eigenvalue weighted by Crippen LogP contribution is 2.30. The van der Waals surface area contributed by atoms with E-state index < -0.39 is 12.1 Å². The van der Waals surface area contributed by atoms with Gasteiger partial charge in [0, 0.05) is 6.04 Å². The second-order valence-corrected chi connectivity index (χ2v) is 5.21. The topological polar surface area (TPSA) is 64.1 Å². The number of imidazole rings is 1. The number of benzene rings is 1. The highest BCUT2D eigenvalue weighted by Gasteiger charge is 2.23. The maximum absolute atomic E-state index is 9.66. The van der Waals surface area contributed by atoms with Gasteiger partial charge in [-0.3, -0.25) is 0 Å². The van der Waals surface area contributed by atoms with E-state index in [1.165, 1.54) is 0 Å². The van der Waals surface area contributed by atoms with Gasteiger partial charge in [0.2, 0.25) is 0 Å². The smallest absolute Gasteiger partial charge is 0.129 e. The summed E-state index contributed by atoms with van der Waals surface area (Å²) < 4.78 is 2.00. The summed E-state index contributed by atoms with van der Waals surface area (Å²) in [6.45, 7) is 5.75. The van der Waals surface area contributed by atoms with Crippen molar-refractivity contribution in [2.24, 2.45) is 5.73 Å². The molecule has 0 aliphatic carbocycles. The average Bonchev–Trinajstić information content (AvgIpc) is 2.68. The minimum Gasteiger partial charge on any atom is -0.391 e. The summed E-state index contributed by atoms with van der Waals surface area (Å²) >= 11 is 6.24. The molecule has 18 heavy (non-hydrogen) atoms. The fourth-order valence-electron chi connectivity index (χ4n) is 2.10. The van der Waals surface area contributed by atoms with Gasteiger partial charge in [0.1, 0.15) is 5.82 Å². The number of fused-ring (bicyclic) bond motifs is 1. The molecule has 0 aliphatic heterocycles. The molecule has 0 bridgehead atoms. The van der Waals surface area contributed by atoms with Crippen LogP contribution in [-0.2, 0) is 0 Å². The molecule has 4 nitrogen and oxygen atoms in total. The van der Waals surface area contributed by atoms with Crippen molar-refractivity contribution in [3.63, 3.8) is 0 Å². The van der Waals surface area contributed by atoms with Crippen LogP contribution in [0.4, 0.5) is 0 Å². The number of nitrogens with zero attached hydrogens (tertiary/aromatic N) is 2. The highest BCUT2D eigenvalue weighted by molar-refractivity contribution is 6.35. The summed E-state index contributed by atoms with van der Waals surface area (Å²) in [5, 5.41) is 10.3. The van der Waals surface area contributed by atoms with Gasteiger partial charge in [-0.2, -0.15) is 0 Å². The second-order valence-electron chi connectivity index (χ2n) is 4.81. The van der Waals surface area contributed by atoms with E-state index in [0.717, 1.165) is 11.0 Å². The molecule has 0 saturated carbocycles. The molecule has 2 atom stereocenters. The lowest BCUT2D eigenvalue weighted by Gasteiger charge is -2.19. The summed E-state index contributed by atoms with van der Waals surface area (Å²) in [5.74, 6) is 0.670. The van der Waals surface area contributed by atoms with Gasteiger partial charge >= 0.3 is 0 Å². The van der Waals surface area contributed by atoms with Crippen LogP contribution in [0.2, 0.25) is 5.02 Å². The van der Waals surface area contributed by atoms with Gasteiger partial charge in [0.15, 0.2) is 0 Å². The monoisotopic (exact) mass is 267 g/mol. The van der Waals surface area contributed by atoms with E-state index in [2.05, 4.69) is 4.98 Å². The fourth-order valence-corrected chi connectivity index (χ4v) is 2.36. The van der Waals surface area contributed by atoms with Crippen molar-refractivity contribution in [1.82, 2.24) is 9.55 Å². The van der Waals surface area contributed by atoms with Gasteiger partial charge < -0.3 is 15.4 Å². The summed E-state index contributed by atoms with van der Waals surface area (Å²) in [6.07, 6.45) is -0.655. The van der Waals surface area contributed by atoms with Gasteiger partial charge in [0.05, 0.1) is 28.2 Å². The quantitative estimate of drug-likeness (QED) is 0.899. The number of halogens is 1. The first-order valence-corrected chi connectivity index (χ1v) is 6.41. The number of aliphatic hydroxyl groups is 1. The van der Waals surface area contributed by atoms with Crippen LogP contribution in [-0.4, -0.2) is 20.8 Å². The average molecular weight is 268 g/mol. The Balaban J connectivity index is 2.74. The summed E-state index contributed by atoms with van der Waals surface area (Å²) in [5.41, 5.74) is 7.70. The molecule has 0 fully saturated rings. The third kappa shape index (κ3) is 2.11. The first-order chi connectivity index (χ1) is 8.43. The molecular formula is C13H18ClN3O. The molecule has 3 N–H and O–H groups in total. The van der Waals surface area contributed by atoms with Crippen LogP contribution >= 0.6 is 11.6 Å². The Bertz CT molecular complexity index is 563. The van der Waals surface area contributed by atoms with Crippen LogP contribution in [0.1, 0.15) is 38.7 Å². The standard InChI is InChI=1S/C13H18ClN3O/c1-7(2)17-12-9(14)5-4-6-10(12)16-13(17)11(15)8(3)18/h4-8,11,18H,15H2,1-3H3. The minimum absolute atomic E-state index is 0.176. The van der Waals surface area contributed by atoms with Gasteiger partial charge in [-0.05, 0) is 32.9 Å². The largest absolute Gasteiger partial charge is 0.391 e. The first kappa shape index (κ1) is 13.3. The molecule has 0 spiro atoms. The third-order valence-corrected chi connectivity index (χ3v) is 3.33. The van der Waals surface area contributed by atoms with Crippen molar-refractivity contribution < 1.29 is 5.11 Å². The van der Waals surface area contributed by atoms with E-state index >= 15 is 0 Å². The first-order valence-electron chi connectivity index (χ1n) is 6.03. The molecule has 0 aliphatic rings. The molecule has 2 unspecified atom stereocenters. The zero-order valence-corrected chi connectivity index (χ0v) is 11.5. The lowest BCUT2D eigenvalue weighted by Crippen LogP contribution is -2.27. The van der Waals surface area contributed by atoms with Crippen molar-refractivity contribution in [3.8, 4) is 0 Å². The van der Waals surface area contributed by atoms with Crippen LogP contribution < -0.4 is 5.73 Å². The van der Waals surface area contributed by atoms with Gasteiger partial charge in [0.25, 0.3) is 0 Å². The van der Waals surface area contributed by atoms with E-state index in [0.29, 0.717) is 10.8 Å². The third-order valence-electron chi connectivity index (χ3n) is 3.02. The molecule has 1 aromatic carbocycles. The van der Waals surface area contributed by atoms with Gasteiger partial charge in [-0.1, -0.05) is 17.7 Å². The van der Waals surface area contributed by atoms with E-state index in [-0.39, 0.29) is 6.04 Å². The Hall–Kier alpha value is -1.10. The van der Waals surface area contributed by atoms with Crippen LogP contribution in [0.25, 0.3) is 11.0 Å². The number of aromatic nitrogens is 2. The fraction of sp³-hybridized carbons (Fsp3) is 0.462. The molecule has 2 aromatic rings. The minimum atomic E-state index is -0.655. The lowest BCUT2D eigenvalue weighted by atomic mass is 10.2. The second kappa shape index (κ2) is 4.88. The maximum Gasteiger partial charge on any atom is 0.129 e. The van der Waals surface area contributed by atoms with Crippen molar-refractivity contribution >= 4 is 22.6 Å². The number of aliphatic hydroxyl groups excluding tert-OH is 1. The van der Waals surface area contributed by atoms with Crippen molar-refractivity contribution in [1.29, 1.82) is 0 Å². The Kier molecular flexibility index (Phi) is 3.61. The molecule has 98 valence electrons. The summed E-state index contributed by atoms with van der Waals surface area (Å²) in [4.78, 5) is 4.51. The Morgan fingerprint density at radius 3 is 2.56 bits per heavy atom. The molecule has 0 radical (unpaired) electrons. The number of rotatable bonds is 3. The van der Waals surface area contributed by atoms with Gasteiger partial charge in [-0.15, -0.1) is 0 Å². The Labute approximate surface area is 111 Å². The maximum atomic E-state index is 9.66. The van der Waals surface area contributed by atoms with E-state index in [1.807, 2.05) is 36.6 Å². The molecular weight excluding hydrogens is 250 g/mol. The molecule has 5 heteroatoms. The van der Waals surface area contributed by atoms with Gasteiger partial charge in [-0.25, -0.2) is 4.98 Å². The van der Waals surface area contributed by atoms with Crippen molar-refractivity contribution in [2.75, 3.05) is 0 Å². The molecule has 2 rings (SSSR count). The van der Waals surface area contributed by atoms with Crippen LogP contribution in [0, 0.1) is 0 Å². The molecule has 1 heterocycles. The van der Waals surface area contributed by atoms with E-state index in [9.17, 15) is 5.11 Å². The molecule has 1 aromatic heterocycles.